The van der Waals surface area contributed by atoms with E-state index < -0.39 is 6.04 Å². The standard InChI is InChI=1S/C28H26FN3OS/c1-18-11-13-21(14-12-18)30-28(33)32-17-23-22-8-2-3-10-25(22)34-27(23)31-15-5-9-24(31)26(32)19-6-4-7-20(29)16-19/h4-7,9,11-16,26H,2-3,8,10,17H2,1H3,(H,30,33)/t26-/m1/s1. The van der Waals surface area contributed by atoms with E-state index in [0.29, 0.717) is 6.54 Å². The van der Waals surface area contributed by atoms with Gasteiger partial charge in [-0.3, -0.25) is 0 Å². The van der Waals surface area contributed by atoms with Crippen LogP contribution in [0.4, 0.5) is 14.9 Å². The SMILES string of the molecule is Cc1ccc(NC(=O)N2Cc3c(sc4c3CCCC4)-n3cccc3[C@H]2c2cccc(F)c2)cc1. The van der Waals surface area contributed by atoms with Crippen LogP contribution in [0.1, 0.15) is 51.7 Å². The highest BCUT2D eigenvalue weighted by molar-refractivity contribution is 7.15. The van der Waals surface area contributed by atoms with Gasteiger partial charge in [0, 0.05) is 22.3 Å². The van der Waals surface area contributed by atoms with E-state index in [2.05, 4.69) is 22.1 Å². The predicted molar refractivity (Wildman–Crippen MR) is 134 cm³/mol. The van der Waals surface area contributed by atoms with Crippen molar-refractivity contribution in [1.29, 1.82) is 0 Å². The van der Waals surface area contributed by atoms with Crippen LogP contribution >= 0.6 is 11.3 Å². The number of urea groups is 1. The molecule has 6 rings (SSSR count). The highest BCUT2D eigenvalue weighted by Crippen LogP contribution is 2.44. The fourth-order valence-corrected chi connectivity index (χ4v) is 6.65. The van der Waals surface area contributed by atoms with Crippen molar-refractivity contribution in [1.82, 2.24) is 9.47 Å². The number of thiophene rings is 1. The van der Waals surface area contributed by atoms with E-state index in [4.69, 9.17) is 0 Å². The largest absolute Gasteiger partial charge is 0.322 e. The highest BCUT2D eigenvalue weighted by atomic mass is 32.1. The molecule has 2 aromatic heterocycles. The molecule has 0 spiro atoms. The number of halogens is 1. The monoisotopic (exact) mass is 471 g/mol. The number of nitrogens with zero attached hydrogens (tertiary/aromatic N) is 2. The van der Waals surface area contributed by atoms with E-state index in [-0.39, 0.29) is 11.8 Å². The van der Waals surface area contributed by atoms with Gasteiger partial charge in [0.05, 0.1) is 18.3 Å². The molecule has 34 heavy (non-hydrogen) atoms. The van der Waals surface area contributed by atoms with Crippen molar-refractivity contribution < 1.29 is 9.18 Å². The van der Waals surface area contributed by atoms with Crippen molar-refractivity contribution in [2.24, 2.45) is 0 Å². The van der Waals surface area contributed by atoms with Crippen molar-refractivity contribution in [2.45, 2.75) is 45.2 Å². The van der Waals surface area contributed by atoms with Gasteiger partial charge >= 0.3 is 6.03 Å². The van der Waals surface area contributed by atoms with Crippen molar-refractivity contribution in [3.05, 3.63) is 106 Å². The molecule has 1 N–H and O–H groups in total. The molecule has 0 saturated carbocycles. The topological polar surface area (TPSA) is 37.3 Å². The minimum Gasteiger partial charge on any atom is -0.310 e. The molecule has 0 saturated heterocycles. The van der Waals surface area contributed by atoms with Gasteiger partial charge in [-0.25, -0.2) is 9.18 Å². The lowest BCUT2D eigenvalue weighted by molar-refractivity contribution is 0.194. The van der Waals surface area contributed by atoms with Crippen LogP contribution in [0.3, 0.4) is 0 Å². The van der Waals surface area contributed by atoms with E-state index >= 15 is 0 Å². The summed E-state index contributed by atoms with van der Waals surface area (Å²) in [5, 5.41) is 4.29. The van der Waals surface area contributed by atoms with E-state index in [1.165, 1.54) is 39.9 Å². The van der Waals surface area contributed by atoms with Crippen molar-refractivity contribution in [3.63, 3.8) is 0 Å². The number of hydrogen-bond donors (Lipinski definition) is 1. The number of anilines is 1. The number of rotatable bonds is 2. The third kappa shape index (κ3) is 3.62. The van der Waals surface area contributed by atoms with Gasteiger partial charge in [0.25, 0.3) is 0 Å². The molecule has 2 aromatic carbocycles. The van der Waals surface area contributed by atoms with Crippen LogP contribution in [0, 0.1) is 12.7 Å². The molecule has 1 atom stereocenters. The lowest BCUT2D eigenvalue weighted by Gasteiger charge is -2.31. The second-order valence-electron chi connectivity index (χ2n) is 9.18. The smallest absolute Gasteiger partial charge is 0.310 e. The summed E-state index contributed by atoms with van der Waals surface area (Å²) in [6.07, 6.45) is 6.62. The Balaban J connectivity index is 1.50. The average Bonchev–Trinajstić information content (AvgIpc) is 3.42. The molecular formula is C28H26FN3OS. The summed E-state index contributed by atoms with van der Waals surface area (Å²) in [6.45, 7) is 2.51. The second kappa shape index (κ2) is 8.44. The third-order valence-corrected chi connectivity index (χ3v) is 8.24. The Bertz CT molecular complexity index is 1370. The van der Waals surface area contributed by atoms with Gasteiger partial charge in [-0.2, -0.15) is 0 Å². The lowest BCUT2D eigenvalue weighted by Crippen LogP contribution is -2.38. The Morgan fingerprint density at radius 2 is 1.85 bits per heavy atom. The van der Waals surface area contributed by atoms with E-state index in [1.54, 1.807) is 12.1 Å². The minimum atomic E-state index is -0.407. The molecule has 0 fully saturated rings. The minimum absolute atomic E-state index is 0.186. The first-order valence-corrected chi connectivity index (χ1v) is 12.6. The Kier molecular flexibility index (Phi) is 5.26. The number of carbonyl (C=O) groups excluding carboxylic acids is 1. The Morgan fingerprint density at radius 3 is 2.68 bits per heavy atom. The molecule has 0 unspecified atom stereocenters. The number of fused-ring (bicyclic) bond motifs is 5. The maximum Gasteiger partial charge on any atom is 0.322 e. The maximum atomic E-state index is 14.3. The summed E-state index contributed by atoms with van der Waals surface area (Å²) in [5.74, 6) is -0.300. The molecule has 0 radical (unpaired) electrons. The number of aryl methyl sites for hydroxylation is 2. The van der Waals surface area contributed by atoms with E-state index in [1.807, 2.05) is 59.6 Å². The molecule has 2 amide bonds. The van der Waals surface area contributed by atoms with Crippen LogP contribution in [0.2, 0.25) is 0 Å². The molecule has 2 aliphatic rings. The van der Waals surface area contributed by atoms with Gasteiger partial charge in [-0.1, -0.05) is 29.8 Å². The molecule has 4 nitrogen and oxygen atoms in total. The van der Waals surface area contributed by atoms with Crippen molar-refractivity contribution in [3.8, 4) is 5.00 Å². The van der Waals surface area contributed by atoms with Gasteiger partial charge in [0.2, 0.25) is 0 Å². The van der Waals surface area contributed by atoms with Crippen LogP contribution in [0.25, 0.3) is 5.00 Å². The summed E-state index contributed by atoms with van der Waals surface area (Å²) in [4.78, 5) is 17.1. The quantitative estimate of drug-likeness (QED) is 0.336. The Hall–Kier alpha value is -3.38. The maximum absolute atomic E-state index is 14.3. The van der Waals surface area contributed by atoms with Crippen LogP contribution in [-0.2, 0) is 19.4 Å². The molecule has 3 heterocycles. The van der Waals surface area contributed by atoms with Gasteiger partial charge in [0.1, 0.15) is 10.8 Å². The molecule has 0 bridgehead atoms. The average molecular weight is 472 g/mol. The van der Waals surface area contributed by atoms with Crippen LogP contribution in [0.15, 0.2) is 66.9 Å². The molecule has 172 valence electrons. The zero-order valence-corrected chi connectivity index (χ0v) is 19.9. The van der Waals surface area contributed by atoms with Gasteiger partial charge in [0.15, 0.2) is 0 Å². The number of aromatic nitrogens is 1. The third-order valence-electron chi connectivity index (χ3n) is 6.91. The van der Waals surface area contributed by atoms with E-state index in [9.17, 15) is 9.18 Å². The predicted octanol–water partition coefficient (Wildman–Crippen LogP) is 7.00. The lowest BCUT2D eigenvalue weighted by atomic mass is 9.95. The summed E-state index contributed by atoms with van der Waals surface area (Å²) >= 11 is 1.85. The van der Waals surface area contributed by atoms with Gasteiger partial charge in [-0.05, 0) is 80.1 Å². The van der Waals surface area contributed by atoms with Gasteiger partial charge in [-0.15, -0.1) is 11.3 Å². The summed E-state index contributed by atoms with van der Waals surface area (Å²) in [7, 11) is 0. The molecule has 6 heteroatoms. The second-order valence-corrected chi connectivity index (χ2v) is 10.3. The summed E-state index contributed by atoms with van der Waals surface area (Å²) in [5.41, 5.74) is 6.26. The Morgan fingerprint density at radius 1 is 1.03 bits per heavy atom. The summed E-state index contributed by atoms with van der Waals surface area (Å²) < 4.78 is 16.6. The van der Waals surface area contributed by atoms with E-state index in [0.717, 1.165) is 35.3 Å². The highest BCUT2D eigenvalue weighted by Gasteiger charge is 2.36. The first-order valence-electron chi connectivity index (χ1n) is 11.8. The normalized spacial score (nSPS) is 16.9. The fraction of sp³-hybridized carbons (Fsp3) is 0.250. The fourth-order valence-electron chi connectivity index (χ4n) is 5.25. The first kappa shape index (κ1) is 21.2. The number of amides is 2. The number of benzene rings is 2. The summed E-state index contributed by atoms with van der Waals surface area (Å²) in [6, 6.07) is 17.9. The number of carbonyl (C=O) groups is 1. The zero-order valence-electron chi connectivity index (χ0n) is 19.1. The molecule has 1 aliphatic carbocycles. The zero-order chi connectivity index (χ0) is 23.2. The van der Waals surface area contributed by atoms with Crippen LogP contribution in [-0.4, -0.2) is 15.5 Å². The van der Waals surface area contributed by atoms with Crippen LogP contribution < -0.4 is 5.32 Å². The van der Waals surface area contributed by atoms with Crippen molar-refractivity contribution >= 4 is 23.1 Å². The number of hydrogen-bond acceptors (Lipinski definition) is 2. The first-order chi connectivity index (χ1) is 16.6. The Labute approximate surface area is 202 Å². The van der Waals surface area contributed by atoms with Crippen LogP contribution in [0.5, 0.6) is 0 Å². The van der Waals surface area contributed by atoms with Crippen molar-refractivity contribution in [2.75, 3.05) is 5.32 Å². The van der Waals surface area contributed by atoms with Gasteiger partial charge < -0.3 is 14.8 Å². The molecule has 4 aromatic rings. The molecule has 1 aliphatic heterocycles. The number of nitrogens with one attached hydrogen (secondary N) is 1. The molecular weight excluding hydrogens is 445 g/mol.